The van der Waals surface area contributed by atoms with E-state index < -0.39 is 0 Å². The van der Waals surface area contributed by atoms with Crippen LogP contribution in [0.25, 0.3) is 17.4 Å². The minimum atomic E-state index is -0.239. The van der Waals surface area contributed by atoms with Gasteiger partial charge in [0, 0.05) is 11.6 Å². The van der Waals surface area contributed by atoms with Gasteiger partial charge in [-0.25, -0.2) is 0 Å². The van der Waals surface area contributed by atoms with Gasteiger partial charge in [-0.05, 0) is 42.5 Å². The van der Waals surface area contributed by atoms with Crippen LogP contribution >= 0.6 is 47.2 Å². The van der Waals surface area contributed by atoms with Crippen LogP contribution in [0.2, 0.25) is 10.0 Å². The Hall–Kier alpha value is -2.25. The molecule has 2 aromatic carbocycles. The maximum atomic E-state index is 12.9. The molecule has 1 amide bonds. The normalized spacial score (nSPS) is 15.4. The third kappa shape index (κ3) is 3.94. The second-order valence-corrected chi connectivity index (χ2v) is 8.51. The molecule has 4 rings (SSSR count). The van der Waals surface area contributed by atoms with E-state index in [0.29, 0.717) is 42.2 Å². The average Bonchev–Trinajstić information content (AvgIpc) is 3.27. The topological polar surface area (TPSA) is 42.7 Å². The first kappa shape index (κ1) is 20.0. The van der Waals surface area contributed by atoms with Gasteiger partial charge in [0.25, 0.3) is 5.91 Å². The molecule has 146 valence electrons. The quantitative estimate of drug-likeness (QED) is 0.320. The number of carbonyl (C=O) groups excluding carboxylic acids is 1. The summed E-state index contributed by atoms with van der Waals surface area (Å²) >= 11 is 19.0. The van der Waals surface area contributed by atoms with E-state index in [2.05, 4.69) is 0 Å². The van der Waals surface area contributed by atoms with Crippen molar-refractivity contribution in [1.82, 2.24) is 0 Å². The summed E-state index contributed by atoms with van der Waals surface area (Å²) in [5, 5.41) is 0.995. The lowest BCUT2D eigenvalue weighted by Gasteiger charge is -2.15. The third-order valence-corrected chi connectivity index (χ3v) is 6.15. The summed E-state index contributed by atoms with van der Waals surface area (Å²) in [6.45, 7) is 0. The summed E-state index contributed by atoms with van der Waals surface area (Å²) in [5.74, 6) is 1.45. The third-order valence-electron chi connectivity index (χ3n) is 4.23. The van der Waals surface area contributed by atoms with Crippen molar-refractivity contribution < 1.29 is 13.9 Å². The molecule has 0 aliphatic carbocycles. The van der Waals surface area contributed by atoms with Gasteiger partial charge in [0.1, 0.15) is 17.3 Å². The molecule has 2 heterocycles. The molecular formula is C21H13Cl2NO3S2. The zero-order valence-electron chi connectivity index (χ0n) is 15.0. The van der Waals surface area contributed by atoms with Gasteiger partial charge in [-0.15, -0.1) is 0 Å². The average molecular weight is 462 g/mol. The van der Waals surface area contributed by atoms with Crippen molar-refractivity contribution in [3.63, 3.8) is 0 Å². The number of thioether (sulfide) groups is 1. The summed E-state index contributed by atoms with van der Waals surface area (Å²) in [6, 6.07) is 16.1. The second-order valence-electron chi connectivity index (χ2n) is 6.02. The lowest BCUT2D eigenvalue weighted by atomic mass is 10.2. The molecule has 0 radical (unpaired) electrons. The number of hydrogen-bond acceptors (Lipinski definition) is 5. The number of hydrogen-bond donors (Lipinski definition) is 0. The van der Waals surface area contributed by atoms with Gasteiger partial charge in [-0.3, -0.25) is 9.69 Å². The van der Waals surface area contributed by atoms with Crippen LogP contribution in [0, 0.1) is 0 Å². The number of thiocarbonyl (C=S) groups is 1. The Labute approximate surface area is 187 Å². The standard InChI is InChI=1S/C21H13Cl2NO3S2/c1-26-18-8-6-12(10-16(18)23)24-20(25)19(29-21(24)28)11-13-7-9-17(27-13)14-4-2-3-5-15(14)22/h2-11H,1H3. The summed E-state index contributed by atoms with van der Waals surface area (Å²) < 4.78 is 11.4. The first-order valence-corrected chi connectivity index (χ1v) is 10.4. The molecule has 1 aromatic heterocycles. The molecule has 29 heavy (non-hydrogen) atoms. The summed E-state index contributed by atoms with van der Waals surface area (Å²) in [6.07, 6.45) is 1.67. The monoisotopic (exact) mass is 461 g/mol. The Morgan fingerprint density at radius 3 is 2.62 bits per heavy atom. The van der Waals surface area contributed by atoms with Crippen LogP contribution in [0.15, 0.2) is 63.9 Å². The molecular weight excluding hydrogens is 449 g/mol. The zero-order chi connectivity index (χ0) is 20.5. The van der Waals surface area contributed by atoms with E-state index in [9.17, 15) is 4.79 Å². The van der Waals surface area contributed by atoms with E-state index >= 15 is 0 Å². The predicted octanol–water partition coefficient (Wildman–Crippen LogP) is 6.67. The molecule has 1 aliphatic heterocycles. The molecule has 0 spiro atoms. The van der Waals surface area contributed by atoms with Crippen LogP contribution in [0.5, 0.6) is 5.75 Å². The SMILES string of the molecule is COc1ccc(N2C(=O)C(=Cc3ccc(-c4ccccc4Cl)o3)SC2=S)cc1Cl. The first-order chi connectivity index (χ1) is 14.0. The van der Waals surface area contributed by atoms with Gasteiger partial charge >= 0.3 is 0 Å². The van der Waals surface area contributed by atoms with Gasteiger partial charge in [-0.1, -0.05) is 59.3 Å². The van der Waals surface area contributed by atoms with Gasteiger partial charge in [0.2, 0.25) is 0 Å². The molecule has 1 fully saturated rings. The Bertz CT molecular complexity index is 1160. The number of halogens is 2. The Morgan fingerprint density at radius 2 is 1.90 bits per heavy atom. The number of nitrogens with zero attached hydrogens (tertiary/aromatic N) is 1. The van der Waals surface area contributed by atoms with E-state index in [1.165, 1.54) is 23.8 Å². The lowest BCUT2D eigenvalue weighted by molar-refractivity contribution is -0.113. The maximum Gasteiger partial charge on any atom is 0.270 e. The molecule has 0 saturated carbocycles. The number of carbonyl (C=O) groups is 1. The Balaban J connectivity index is 1.62. The minimum Gasteiger partial charge on any atom is -0.495 e. The lowest BCUT2D eigenvalue weighted by Crippen LogP contribution is -2.27. The van der Waals surface area contributed by atoms with Crippen LogP contribution in [0.4, 0.5) is 5.69 Å². The molecule has 0 unspecified atom stereocenters. The number of furan rings is 1. The van der Waals surface area contributed by atoms with Crippen LogP contribution in [0.3, 0.4) is 0 Å². The zero-order valence-corrected chi connectivity index (χ0v) is 18.2. The van der Waals surface area contributed by atoms with E-state index in [1.807, 2.05) is 24.3 Å². The molecule has 3 aromatic rings. The van der Waals surface area contributed by atoms with Crippen molar-refractivity contribution in [3.05, 3.63) is 75.3 Å². The van der Waals surface area contributed by atoms with Crippen molar-refractivity contribution in [3.8, 4) is 17.1 Å². The largest absolute Gasteiger partial charge is 0.495 e. The highest BCUT2D eigenvalue weighted by atomic mass is 35.5. The molecule has 8 heteroatoms. The van der Waals surface area contributed by atoms with Crippen molar-refractivity contribution in [1.29, 1.82) is 0 Å². The maximum absolute atomic E-state index is 12.9. The number of methoxy groups -OCH3 is 1. The fourth-order valence-electron chi connectivity index (χ4n) is 2.85. The highest BCUT2D eigenvalue weighted by molar-refractivity contribution is 8.27. The molecule has 1 aliphatic rings. The summed E-state index contributed by atoms with van der Waals surface area (Å²) in [7, 11) is 1.53. The summed E-state index contributed by atoms with van der Waals surface area (Å²) in [5.41, 5.74) is 1.37. The molecule has 0 N–H and O–H groups in total. The molecule has 4 nitrogen and oxygen atoms in total. The molecule has 1 saturated heterocycles. The van der Waals surface area contributed by atoms with Crippen LogP contribution in [-0.4, -0.2) is 17.3 Å². The highest BCUT2D eigenvalue weighted by Crippen LogP contribution is 2.39. The predicted molar refractivity (Wildman–Crippen MR) is 123 cm³/mol. The number of ether oxygens (including phenoxy) is 1. The second kappa shape index (κ2) is 8.24. The smallest absolute Gasteiger partial charge is 0.270 e. The van der Waals surface area contributed by atoms with Crippen molar-refractivity contribution in [2.75, 3.05) is 12.0 Å². The van der Waals surface area contributed by atoms with Crippen molar-refractivity contribution in [2.45, 2.75) is 0 Å². The number of anilines is 1. The first-order valence-electron chi connectivity index (χ1n) is 8.44. The number of amides is 1. The van der Waals surface area contributed by atoms with E-state index in [1.54, 1.807) is 36.4 Å². The fraction of sp³-hybridized carbons (Fsp3) is 0.0476. The highest BCUT2D eigenvalue weighted by Gasteiger charge is 2.34. The molecule has 0 bridgehead atoms. The van der Waals surface area contributed by atoms with Crippen molar-refractivity contribution in [2.24, 2.45) is 0 Å². The van der Waals surface area contributed by atoms with Crippen LogP contribution in [-0.2, 0) is 4.79 Å². The van der Waals surface area contributed by atoms with Gasteiger partial charge in [0.05, 0.1) is 27.7 Å². The van der Waals surface area contributed by atoms with Gasteiger partial charge < -0.3 is 9.15 Å². The van der Waals surface area contributed by atoms with Crippen molar-refractivity contribution >= 4 is 69.2 Å². The van der Waals surface area contributed by atoms with E-state index in [4.69, 9.17) is 44.6 Å². The van der Waals surface area contributed by atoms with Crippen LogP contribution < -0.4 is 9.64 Å². The van der Waals surface area contributed by atoms with Gasteiger partial charge in [-0.2, -0.15) is 0 Å². The Kier molecular flexibility index (Phi) is 5.69. The Morgan fingerprint density at radius 1 is 1.10 bits per heavy atom. The minimum absolute atomic E-state index is 0.239. The van der Waals surface area contributed by atoms with Gasteiger partial charge in [0.15, 0.2) is 4.32 Å². The summed E-state index contributed by atoms with van der Waals surface area (Å²) in [4.78, 5) is 14.8. The number of rotatable bonds is 4. The number of benzene rings is 2. The molecule has 0 atom stereocenters. The van der Waals surface area contributed by atoms with Crippen LogP contribution in [0.1, 0.15) is 5.76 Å². The van der Waals surface area contributed by atoms with E-state index in [0.717, 1.165) is 5.56 Å². The van der Waals surface area contributed by atoms with E-state index in [-0.39, 0.29) is 5.91 Å². The fourth-order valence-corrected chi connectivity index (χ4v) is 4.61.